The molecule has 1 rings (SSSR count). The van der Waals surface area contributed by atoms with Crippen molar-refractivity contribution in [1.29, 1.82) is 0 Å². The Morgan fingerprint density at radius 3 is 2.75 bits per heavy atom. The van der Waals surface area contributed by atoms with Crippen molar-refractivity contribution in [2.24, 2.45) is 0 Å². The Hall–Kier alpha value is -0.310. The number of rotatable bonds is 3. The van der Waals surface area contributed by atoms with Gasteiger partial charge in [-0.15, -0.1) is 0 Å². The lowest BCUT2D eigenvalue weighted by Crippen LogP contribution is -2.23. The molecule has 0 unspecified atom stereocenters. The number of aromatic nitrogens is 2. The summed E-state index contributed by atoms with van der Waals surface area (Å²) >= 11 is 3.51. The van der Waals surface area contributed by atoms with Gasteiger partial charge in [-0.25, -0.2) is 0 Å². The fourth-order valence-electron chi connectivity index (χ4n) is 1.23. The molecule has 0 atom stereocenters. The lowest BCUT2D eigenvalue weighted by Gasteiger charge is -2.22. The van der Waals surface area contributed by atoms with E-state index in [0.717, 1.165) is 11.9 Å². The van der Waals surface area contributed by atoms with E-state index in [1.165, 1.54) is 5.69 Å². The highest BCUT2D eigenvalue weighted by Crippen LogP contribution is 2.24. The fraction of sp³-hybridized carbons (Fsp3) is 0.667. The van der Waals surface area contributed by atoms with Crippen LogP contribution in [0, 0.1) is 0 Å². The molecule has 0 bridgehead atoms. The van der Waals surface area contributed by atoms with Gasteiger partial charge in [0.2, 0.25) is 0 Å². The molecule has 0 aliphatic carbocycles. The molecule has 0 fully saturated rings. The molecule has 68 valence electrons. The fourth-order valence-corrected chi connectivity index (χ4v) is 1.52. The van der Waals surface area contributed by atoms with Crippen LogP contribution < -0.4 is 0 Å². The van der Waals surface area contributed by atoms with Crippen LogP contribution in [0.1, 0.15) is 26.5 Å². The molecular formula is C9H15BrN2. The van der Waals surface area contributed by atoms with Crippen molar-refractivity contribution >= 4 is 15.9 Å². The van der Waals surface area contributed by atoms with E-state index in [1.54, 1.807) is 0 Å². The predicted octanol–water partition coefficient (Wildman–Crippen LogP) is 2.58. The van der Waals surface area contributed by atoms with Crippen LogP contribution in [0.25, 0.3) is 0 Å². The van der Waals surface area contributed by atoms with E-state index in [4.69, 9.17) is 0 Å². The van der Waals surface area contributed by atoms with Crippen LogP contribution in [0.2, 0.25) is 0 Å². The van der Waals surface area contributed by atoms with Gasteiger partial charge in [0.05, 0.1) is 0 Å². The molecule has 1 heterocycles. The van der Waals surface area contributed by atoms with Crippen LogP contribution in [0.15, 0.2) is 12.3 Å². The molecule has 2 nitrogen and oxygen atoms in total. The third-order valence-corrected chi connectivity index (χ3v) is 3.45. The summed E-state index contributed by atoms with van der Waals surface area (Å²) in [4.78, 5) is 0. The Bertz CT molecular complexity index is 253. The Morgan fingerprint density at radius 2 is 2.25 bits per heavy atom. The molecule has 0 saturated carbocycles. The molecule has 1 aromatic rings. The zero-order valence-electron chi connectivity index (χ0n) is 7.84. The first-order valence-corrected chi connectivity index (χ1v) is 5.32. The lowest BCUT2D eigenvalue weighted by atomic mass is 9.92. The highest BCUT2D eigenvalue weighted by Gasteiger charge is 2.22. The van der Waals surface area contributed by atoms with Crippen molar-refractivity contribution in [1.82, 2.24) is 9.78 Å². The maximum Gasteiger partial charge on any atom is 0.0492 e. The summed E-state index contributed by atoms with van der Waals surface area (Å²) in [5, 5.41) is 5.21. The largest absolute Gasteiger partial charge is 0.269 e. The van der Waals surface area contributed by atoms with Crippen LogP contribution in [-0.2, 0) is 12.0 Å². The van der Waals surface area contributed by atoms with E-state index in [-0.39, 0.29) is 5.41 Å². The van der Waals surface area contributed by atoms with Crippen molar-refractivity contribution in [2.45, 2.75) is 32.7 Å². The van der Waals surface area contributed by atoms with Crippen molar-refractivity contribution in [3.8, 4) is 0 Å². The Balaban J connectivity index is 3.00. The number of hydrogen-bond acceptors (Lipinski definition) is 1. The molecule has 3 heteroatoms. The standard InChI is InChI=1S/C9H15BrN2/c1-4-12-8(5-6-11-12)9(2,3)7-10/h5-6H,4,7H2,1-3H3. The third kappa shape index (κ3) is 1.71. The maximum atomic E-state index is 4.24. The first-order valence-electron chi connectivity index (χ1n) is 4.20. The van der Waals surface area contributed by atoms with Crippen LogP contribution >= 0.6 is 15.9 Å². The van der Waals surface area contributed by atoms with Crippen molar-refractivity contribution in [3.63, 3.8) is 0 Å². The van der Waals surface area contributed by atoms with Gasteiger partial charge < -0.3 is 0 Å². The van der Waals surface area contributed by atoms with Gasteiger partial charge in [0.15, 0.2) is 0 Å². The second kappa shape index (κ2) is 3.60. The minimum atomic E-state index is 0.173. The summed E-state index contributed by atoms with van der Waals surface area (Å²) < 4.78 is 2.04. The summed E-state index contributed by atoms with van der Waals surface area (Å²) in [5.41, 5.74) is 1.47. The SMILES string of the molecule is CCn1nccc1C(C)(C)CBr. The van der Waals surface area contributed by atoms with Gasteiger partial charge in [-0.05, 0) is 13.0 Å². The van der Waals surface area contributed by atoms with Crippen LogP contribution in [0.3, 0.4) is 0 Å². The second-order valence-electron chi connectivity index (χ2n) is 3.55. The summed E-state index contributed by atoms with van der Waals surface area (Å²) in [6.45, 7) is 7.48. The number of alkyl halides is 1. The number of hydrogen-bond donors (Lipinski definition) is 0. The molecule has 0 aromatic carbocycles. The van der Waals surface area contributed by atoms with Gasteiger partial charge in [0.1, 0.15) is 0 Å². The minimum absolute atomic E-state index is 0.173. The summed E-state index contributed by atoms with van der Waals surface area (Å²) in [6.07, 6.45) is 1.86. The third-order valence-electron chi connectivity index (χ3n) is 2.04. The molecular weight excluding hydrogens is 216 g/mol. The molecule has 12 heavy (non-hydrogen) atoms. The first kappa shape index (κ1) is 9.78. The van der Waals surface area contributed by atoms with E-state index in [0.29, 0.717) is 0 Å². The van der Waals surface area contributed by atoms with Gasteiger partial charge >= 0.3 is 0 Å². The number of aryl methyl sites for hydroxylation is 1. The van der Waals surface area contributed by atoms with Crippen LogP contribution in [0.5, 0.6) is 0 Å². The number of nitrogens with zero attached hydrogens (tertiary/aromatic N) is 2. The van der Waals surface area contributed by atoms with Gasteiger partial charge in [-0.1, -0.05) is 29.8 Å². The van der Waals surface area contributed by atoms with Crippen molar-refractivity contribution < 1.29 is 0 Å². The van der Waals surface area contributed by atoms with E-state index in [9.17, 15) is 0 Å². The Morgan fingerprint density at radius 1 is 1.58 bits per heavy atom. The zero-order chi connectivity index (χ0) is 9.19. The maximum absolute atomic E-state index is 4.24. The summed E-state index contributed by atoms with van der Waals surface area (Å²) in [5.74, 6) is 0. The molecule has 1 aromatic heterocycles. The first-order chi connectivity index (χ1) is 5.61. The van der Waals surface area contributed by atoms with E-state index >= 15 is 0 Å². The predicted molar refractivity (Wildman–Crippen MR) is 54.7 cm³/mol. The van der Waals surface area contributed by atoms with Crippen LogP contribution in [0.4, 0.5) is 0 Å². The average molecular weight is 231 g/mol. The quantitative estimate of drug-likeness (QED) is 0.731. The van der Waals surface area contributed by atoms with Gasteiger partial charge in [-0.3, -0.25) is 4.68 Å². The molecule has 0 saturated heterocycles. The van der Waals surface area contributed by atoms with Crippen molar-refractivity contribution in [3.05, 3.63) is 18.0 Å². The molecule has 0 amide bonds. The zero-order valence-corrected chi connectivity index (χ0v) is 9.43. The average Bonchev–Trinajstić information content (AvgIpc) is 2.52. The van der Waals surface area contributed by atoms with Crippen LogP contribution in [-0.4, -0.2) is 15.1 Å². The van der Waals surface area contributed by atoms with Gasteiger partial charge in [0.25, 0.3) is 0 Å². The highest BCUT2D eigenvalue weighted by molar-refractivity contribution is 9.09. The van der Waals surface area contributed by atoms with E-state index in [2.05, 4.69) is 47.9 Å². The van der Waals surface area contributed by atoms with E-state index in [1.807, 2.05) is 10.9 Å². The normalized spacial score (nSPS) is 12.0. The Kier molecular flexibility index (Phi) is 2.94. The molecule has 0 aliphatic rings. The molecule has 0 spiro atoms. The minimum Gasteiger partial charge on any atom is -0.269 e. The Labute approximate surface area is 82.1 Å². The topological polar surface area (TPSA) is 17.8 Å². The molecule has 0 aliphatic heterocycles. The molecule has 0 radical (unpaired) electrons. The van der Waals surface area contributed by atoms with Gasteiger partial charge in [-0.2, -0.15) is 5.10 Å². The second-order valence-corrected chi connectivity index (χ2v) is 4.11. The summed E-state index contributed by atoms with van der Waals surface area (Å²) in [7, 11) is 0. The lowest BCUT2D eigenvalue weighted by molar-refractivity contribution is 0.507. The van der Waals surface area contributed by atoms with Crippen molar-refractivity contribution in [2.75, 3.05) is 5.33 Å². The summed E-state index contributed by atoms with van der Waals surface area (Å²) in [6, 6.07) is 2.09. The number of halogens is 1. The molecule has 0 N–H and O–H groups in total. The monoisotopic (exact) mass is 230 g/mol. The highest BCUT2D eigenvalue weighted by atomic mass is 79.9. The smallest absolute Gasteiger partial charge is 0.0492 e. The van der Waals surface area contributed by atoms with Gasteiger partial charge in [0, 0.05) is 29.2 Å². The van der Waals surface area contributed by atoms with E-state index < -0.39 is 0 Å².